The van der Waals surface area contributed by atoms with Crippen molar-refractivity contribution in [2.75, 3.05) is 37.0 Å². The summed E-state index contributed by atoms with van der Waals surface area (Å²) in [5, 5.41) is 7.14. The molecule has 0 spiro atoms. The van der Waals surface area contributed by atoms with Gasteiger partial charge in [0, 0.05) is 32.5 Å². The second-order valence-corrected chi connectivity index (χ2v) is 4.81. The Hall–Kier alpha value is -2.22. The van der Waals surface area contributed by atoms with Crippen LogP contribution in [0.2, 0.25) is 0 Å². The van der Waals surface area contributed by atoms with Crippen molar-refractivity contribution in [3.63, 3.8) is 0 Å². The first-order valence-corrected chi connectivity index (χ1v) is 7.10. The lowest BCUT2D eigenvalue weighted by molar-refractivity contribution is 0.0378. The van der Waals surface area contributed by atoms with Crippen LogP contribution in [0.15, 0.2) is 18.5 Å². The van der Waals surface area contributed by atoms with Crippen molar-refractivity contribution in [3.8, 4) is 5.95 Å². The minimum absolute atomic E-state index is 0.224. The van der Waals surface area contributed by atoms with Crippen molar-refractivity contribution in [1.82, 2.24) is 24.7 Å². The van der Waals surface area contributed by atoms with Crippen LogP contribution >= 0.6 is 0 Å². The smallest absolute Gasteiger partial charge is 0.257 e. The van der Waals surface area contributed by atoms with Gasteiger partial charge in [0.25, 0.3) is 5.95 Å². The van der Waals surface area contributed by atoms with Gasteiger partial charge in [0.05, 0.1) is 12.7 Å². The lowest BCUT2D eigenvalue weighted by Gasteiger charge is -2.32. The van der Waals surface area contributed by atoms with Crippen LogP contribution in [0.4, 0.5) is 11.9 Å². The summed E-state index contributed by atoms with van der Waals surface area (Å²) in [4.78, 5) is 15.4. The van der Waals surface area contributed by atoms with Crippen molar-refractivity contribution >= 4 is 11.9 Å². The Morgan fingerprint density at radius 1 is 1.33 bits per heavy atom. The number of ether oxygens (including phenoxy) is 1. The van der Waals surface area contributed by atoms with Gasteiger partial charge in [-0.3, -0.25) is 0 Å². The standard InChI is InChI=1S/C13H19N7O/c1-3-10-9-19(7-8-21-10)12-16-11(14-2)17-13(18-12)20-6-4-5-15-20/h4-6,10H,3,7-9H2,1-2H3,(H,14,16,17,18). The van der Waals surface area contributed by atoms with Crippen LogP contribution in [-0.4, -0.2) is 57.6 Å². The minimum Gasteiger partial charge on any atom is -0.375 e. The van der Waals surface area contributed by atoms with Gasteiger partial charge in [0.15, 0.2) is 0 Å². The van der Waals surface area contributed by atoms with E-state index >= 15 is 0 Å². The van der Waals surface area contributed by atoms with E-state index in [-0.39, 0.29) is 6.10 Å². The molecule has 1 saturated heterocycles. The molecular formula is C13H19N7O. The molecule has 0 aliphatic carbocycles. The van der Waals surface area contributed by atoms with Crippen molar-refractivity contribution in [2.45, 2.75) is 19.4 Å². The molecule has 1 N–H and O–H groups in total. The molecule has 2 aromatic rings. The molecule has 1 aliphatic heterocycles. The zero-order valence-electron chi connectivity index (χ0n) is 12.2. The number of morpholine rings is 1. The quantitative estimate of drug-likeness (QED) is 0.888. The molecular weight excluding hydrogens is 270 g/mol. The maximum atomic E-state index is 5.69. The Morgan fingerprint density at radius 3 is 2.90 bits per heavy atom. The fourth-order valence-electron chi connectivity index (χ4n) is 2.24. The van der Waals surface area contributed by atoms with Crippen LogP contribution in [0.5, 0.6) is 0 Å². The fraction of sp³-hybridized carbons (Fsp3) is 0.538. The summed E-state index contributed by atoms with van der Waals surface area (Å²) < 4.78 is 7.32. The molecule has 8 heteroatoms. The number of rotatable bonds is 4. The number of nitrogens with one attached hydrogen (secondary N) is 1. The average molecular weight is 289 g/mol. The Balaban J connectivity index is 1.92. The molecule has 8 nitrogen and oxygen atoms in total. The van der Waals surface area contributed by atoms with Gasteiger partial charge in [0.2, 0.25) is 11.9 Å². The number of hydrogen-bond donors (Lipinski definition) is 1. The molecule has 0 bridgehead atoms. The highest BCUT2D eigenvalue weighted by molar-refractivity contribution is 5.40. The van der Waals surface area contributed by atoms with E-state index < -0.39 is 0 Å². The second-order valence-electron chi connectivity index (χ2n) is 4.81. The van der Waals surface area contributed by atoms with Gasteiger partial charge in [-0.05, 0) is 12.5 Å². The molecule has 3 rings (SSSR count). The normalized spacial score (nSPS) is 18.8. The predicted molar refractivity (Wildman–Crippen MR) is 78.7 cm³/mol. The third-order valence-electron chi connectivity index (χ3n) is 3.42. The summed E-state index contributed by atoms with van der Waals surface area (Å²) in [6.07, 6.45) is 4.71. The van der Waals surface area contributed by atoms with Crippen LogP contribution in [0.1, 0.15) is 13.3 Å². The summed E-state index contributed by atoms with van der Waals surface area (Å²) in [5.41, 5.74) is 0. The number of anilines is 2. The van der Waals surface area contributed by atoms with E-state index in [9.17, 15) is 0 Å². The molecule has 0 aromatic carbocycles. The van der Waals surface area contributed by atoms with E-state index in [1.807, 2.05) is 12.3 Å². The van der Waals surface area contributed by atoms with Crippen LogP contribution < -0.4 is 10.2 Å². The van der Waals surface area contributed by atoms with E-state index in [1.54, 1.807) is 17.9 Å². The van der Waals surface area contributed by atoms with Crippen LogP contribution in [0, 0.1) is 0 Å². The first-order valence-electron chi connectivity index (χ1n) is 7.10. The molecule has 2 aromatic heterocycles. The first-order chi connectivity index (χ1) is 10.3. The molecule has 1 unspecified atom stereocenters. The molecule has 3 heterocycles. The number of hydrogen-bond acceptors (Lipinski definition) is 7. The topological polar surface area (TPSA) is 81.0 Å². The average Bonchev–Trinajstić information content (AvgIpc) is 3.09. The van der Waals surface area contributed by atoms with E-state index in [2.05, 4.69) is 37.2 Å². The third kappa shape index (κ3) is 2.94. The third-order valence-corrected chi connectivity index (χ3v) is 3.42. The highest BCUT2D eigenvalue weighted by Crippen LogP contribution is 2.17. The van der Waals surface area contributed by atoms with Gasteiger partial charge in [-0.1, -0.05) is 6.92 Å². The van der Waals surface area contributed by atoms with Crippen LogP contribution in [0.3, 0.4) is 0 Å². The van der Waals surface area contributed by atoms with E-state index in [0.717, 1.165) is 19.5 Å². The molecule has 0 radical (unpaired) electrons. The molecule has 1 fully saturated rings. The van der Waals surface area contributed by atoms with Gasteiger partial charge in [-0.25, -0.2) is 4.68 Å². The number of aromatic nitrogens is 5. The summed E-state index contributed by atoms with van der Waals surface area (Å²) >= 11 is 0. The molecule has 21 heavy (non-hydrogen) atoms. The van der Waals surface area contributed by atoms with E-state index in [0.29, 0.717) is 24.5 Å². The van der Waals surface area contributed by atoms with Crippen molar-refractivity contribution in [3.05, 3.63) is 18.5 Å². The second kappa shape index (κ2) is 6.04. The maximum Gasteiger partial charge on any atom is 0.257 e. The fourth-order valence-corrected chi connectivity index (χ4v) is 2.24. The molecule has 1 aliphatic rings. The highest BCUT2D eigenvalue weighted by Gasteiger charge is 2.22. The zero-order valence-corrected chi connectivity index (χ0v) is 12.2. The molecule has 0 amide bonds. The monoisotopic (exact) mass is 289 g/mol. The Kier molecular flexibility index (Phi) is 3.96. The maximum absolute atomic E-state index is 5.69. The number of nitrogens with zero attached hydrogens (tertiary/aromatic N) is 6. The van der Waals surface area contributed by atoms with Crippen molar-refractivity contribution in [2.24, 2.45) is 0 Å². The first kappa shape index (κ1) is 13.7. The predicted octanol–water partition coefficient (Wildman–Crippen LogP) is 0.714. The Labute approximate surface area is 123 Å². The van der Waals surface area contributed by atoms with Crippen molar-refractivity contribution < 1.29 is 4.74 Å². The Morgan fingerprint density at radius 2 is 2.19 bits per heavy atom. The minimum atomic E-state index is 0.224. The SMILES string of the molecule is CCC1CN(c2nc(NC)nc(-n3cccn3)n2)CCO1. The zero-order chi connectivity index (χ0) is 14.7. The summed E-state index contributed by atoms with van der Waals surface area (Å²) in [7, 11) is 1.79. The summed E-state index contributed by atoms with van der Waals surface area (Å²) in [6, 6.07) is 1.84. The van der Waals surface area contributed by atoms with Crippen LogP contribution in [0.25, 0.3) is 5.95 Å². The van der Waals surface area contributed by atoms with Gasteiger partial charge >= 0.3 is 0 Å². The van der Waals surface area contributed by atoms with Gasteiger partial charge < -0.3 is 15.0 Å². The molecule has 112 valence electrons. The van der Waals surface area contributed by atoms with E-state index in [1.165, 1.54) is 0 Å². The van der Waals surface area contributed by atoms with Gasteiger partial charge in [-0.2, -0.15) is 20.1 Å². The largest absolute Gasteiger partial charge is 0.375 e. The van der Waals surface area contributed by atoms with E-state index in [4.69, 9.17) is 4.74 Å². The van der Waals surface area contributed by atoms with Crippen LogP contribution in [-0.2, 0) is 4.74 Å². The highest BCUT2D eigenvalue weighted by atomic mass is 16.5. The molecule has 1 atom stereocenters. The van der Waals surface area contributed by atoms with Gasteiger partial charge in [0.1, 0.15) is 0 Å². The lowest BCUT2D eigenvalue weighted by Crippen LogP contribution is -2.43. The van der Waals surface area contributed by atoms with Gasteiger partial charge in [-0.15, -0.1) is 0 Å². The summed E-state index contributed by atoms with van der Waals surface area (Å²) in [6.45, 7) is 4.39. The van der Waals surface area contributed by atoms with Crippen molar-refractivity contribution in [1.29, 1.82) is 0 Å². The lowest BCUT2D eigenvalue weighted by atomic mass is 10.2. The Bertz CT molecular complexity index is 586. The molecule has 0 saturated carbocycles. The summed E-state index contributed by atoms with van der Waals surface area (Å²) in [5.74, 6) is 1.69.